The molecule has 0 amide bonds. The number of esters is 1. The molecule has 1 saturated carbocycles. The van der Waals surface area contributed by atoms with Gasteiger partial charge in [0.1, 0.15) is 0 Å². The fraction of sp³-hybridized carbons (Fsp3) is 0.833. The Hall–Kier alpha value is -0.570. The predicted octanol–water partition coefficient (Wildman–Crippen LogP) is 2.90. The standard InChI is InChI=1S/C12H19ClO3/c1-8(14)16-12(9(13)15)7-6-10(2,3)11(12,4)5/h6-7H2,1-5H3. The van der Waals surface area contributed by atoms with Gasteiger partial charge in [-0.15, -0.1) is 0 Å². The summed E-state index contributed by atoms with van der Waals surface area (Å²) in [6, 6.07) is 0. The van der Waals surface area contributed by atoms with Crippen molar-refractivity contribution in [3.8, 4) is 0 Å². The lowest BCUT2D eigenvalue weighted by molar-refractivity contribution is -0.176. The normalized spacial score (nSPS) is 31.1. The van der Waals surface area contributed by atoms with Crippen molar-refractivity contribution in [2.45, 2.75) is 53.1 Å². The summed E-state index contributed by atoms with van der Waals surface area (Å²) >= 11 is 5.68. The first-order chi connectivity index (χ1) is 7.07. The molecule has 1 aliphatic rings. The zero-order valence-electron chi connectivity index (χ0n) is 10.5. The monoisotopic (exact) mass is 246 g/mol. The van der Waals surface area contributed by atoms with Crippen LogP contribution in [0.25, 0.3) is 0 Å². The molecule has 0 bridgehead atoms. The molecule has 92 valence electrons. The highest BCUT2D eigenvalue weighted by Crippen LogP contribution is 2.60. The molecule has 4 heteroatoms. The second kappa shape index (κ2) is 3.73. The Morgan fingerprint density at radius 2 is 1.62 bits per heavy atom. The third-order valence-corrected chi connectivity index (χ3v) is 4.74. The van der Waals surface area contributed by atoms with Crippen molar-refractivity contribution < 1.29 is 14.3 Å². The lowest BCUT2D eigenvalue weighted by Crippen LogP contribution is -2.52. The Morgan fingerprint density at radius 1 is 1.12 bits per heavy atom. The van der Waals surface area contributed by atoms with E-state index in [1.165, 1.54) is 6.92 Å². The van der Waals surface area contributed by atoms with E-state index in [1.807, 2.05) is 13.8 Å². The number of rotatable bonds is 2. The molecule has 0 saturated heterocycles. The van der Waals surface area contributed by atoms with Crippen LogP contribution in [0.2, 0.25) is 0 Å². The average molecular weight is 247 g/mol. The summed E-state index contributed by atoms with van der Waals surface area (Å²) in [6.07, 6.45) is 1.31. The third-order valence-electron chi connectivity index (χ3n) is 4.44. The zero-order chi connectivity index (χ0) is 12.8. The van der Waals surface area contributed by atoms with Crippen LogP contribution in [-0.2, 0) is 14.3 Å². The summed E-state index contributed by atoms with van der Waals surface area (Å²) < 4.78 is 5.29. The Kier molecular flexibility index (Phi) is 3.14. The molecule has 1 aliphatic carbocycles. The van der Waals surface area contributed by atoms with Gasteiger partial charge in [0.2, 0.25) is 0 Å². The number of carbonyl (C=O) groups is 2. The topological polar surface area (TPSA) is 43.4 Å². The molecule has 0 aromatic rings. The van der Waals surface area contributed by atoms with Crippen molar-refractivity contribution in [3.05, 3.63) is 0 Å². The van der Waals surface area contributed by atoms with E-state index in [2.05, 4.69) is 13.8 Å². The summed E-state index contributed by atoms with van der Waals surface area (Å²) in [7, 11) is 0. The Morgan fingerprint density at radius 3 is 1.88 bits per heavy atom. The Balaban J connectivity index is 3.24. The molecule has 1 atom stereocenters. The number of ether oxygens (including phenoxy) is 1. The molecular weight excluding hydrogens is 228 g/mol. The molecule has 0 radical (unpaired) electrons. The van der Waals surface area contributed by atoms with E-state index in [-0.39, 0.29) is 5.41 Å². The first kappa shape index (κ1) is 13.5. The van der Waals surface area contributed by atoms with E-state index in [1.54, 1.807) is 0 Å². The molecule has 3 nitrogen and oxygen atoms in total. The Bertz CT molecular complexity index is 333. The van der Waals surface area contributed by atoms with Gasteiger partial charge < -0.3 is 4.74 Å². The summed E-state index contributed by atoms with van der Waals surface area (Å²) in [5.41, 5.74) is -1.73. The summed E-state index contributed by atoms with van der Waals surface area (Å²) in [4.78, 5) is 22.9. The van der Waals surface area contributed by atoms with Gasteiger partial charge in [-0.1, -0.05) is 27.7 Å². The van der Waals surface area contributed by atoms with Crippen LogP contribution in [0.15, 0.2) is 0 Å². The van der Waals surface area contributed by atoms with Crippen LogP contribution < -0.4 is 0 Å². The molecule has 1 unspecified atom stereocenters. The van der Waals surface area contributed by atoms with Gasteiger partial charge in [0.25, 0.3) is 5.24 Å². The molecule has 0 spiro atoms. The maximum absolute atomic E-state index is 11.7. The van der Waals surface area contributed by atoms with Crippen LogP contribution >= 0.6 is 11.6 Å². The van der Waals surface area contributed by atoms with Gasteiger partial charge in [0.05, 0.1) is 0 Å². The highest BCUT2D eigenvalue weighted by atomic mass is 35.5. The maximum atomic E-state index is 11.7. The minimum atomic E-state index is -1.18. The molecule has 16 heavy (non-hydrogen) atoms. The molecular formula is C12H19ClO3. The van der Waals surface area contributed by atoms with Gasteiger partial charge in [-0.3, -0.25) is 9.59 Å². The van der Waals surface area contributed by atoms with E-state index >= 15 is 0 Å². The van der Waals surface area contributed by atoms with Gasteiger partial charge in [-0.05, 0) is 29.9 Å². The van der Waals surface area contributed by atoms with E-state index in [4.69, 9.17) is 16.3 Å². The van der Waals surface area contributed by atoms with E-state index in [0.29, 0.717) is 6.42 Å². The molecule has 0 heterocycles. The van der Waals surface area contributed by atoms with E-state index in [9.17, 15) is 9.59 Å². The van der Waals surface area contributed by atoms with Gasteiger partial charge >= 0.3 is 5.97 Å². The van der Waals surface area contributed by atoms with Gasteiger partial charge in [0.15, 0.2) is 5.60 Å². The molecule has 0 aliphatic heterocycles. The molecule has 0 N–H and O–H groups in total. The first-order valence-corrected chi connectivity index (χ1v) is 5.84. The fourth-order valence-corrected chi connectivity index (χ4v) is 2.84. The van der Waals surface area contributed by atoms with Crippen LogP contribution in [0.1, 0.15) is 47.5 Å². The predicted molar refractivity (Wildman–Crippen MR) is 62.2 cm³/mol. The van der Waals surface area contributed by atoms with Crippen molar-refractivity contribution >= 4 is 22.8 Å². The lowest BCUT2D eigenvalue weighted by Gasteiger charge is -2.44. The number of carbonyl (C=O) groups excluding carboxylic acids is 2. The van der Waals surface area contributed by atoms with Gasteiger partial charge in [-0.25, -0.2) is 0 Å². The average Bonchev–Trinajstić information content (AvgIpc) is 2.25. The molecule has 0 aromatic carbocycles. The van der Waals surface area contributed by atoms with E-state index < -0.39 is 22.2 Å². The lowest BCUT2D eigenvalue weighted by atomic mass is 9.65. The van der Waals surface area contributed by atoms with Crippen molar-refractivity contribution in [2.24, 2.45) is 10.8 Å². The summed E-state index contributed by atoms with van der Waals surface area (Å²) in [5.74, 6) is -0.459. The second-order valence-electron chi connectivity index (χ2n) is 5.70. The van der Waals surface area contributed by atoms with Crippen molar-refractivity contribution in [3.63, 3.8) is 0 Å². The van der Waals surface area contributed by atoms with Crippen molar-refractivity contribution in [1.82, 2.24) is 0 Å². The van der Waals surface area contributed by atoms with Gasteiger partial charge in [-0.2, -0.15) is 0 Å². The van der Waals surface area contributed by atoms with E-state index in [0.717, 1.165) is 6.42 Å². The largest absolute Gasteiger partial charge is 0.449 e. The van der Waals surface area contributed by atoms with Crippen LogP contribution in [0, 0.1) is 10.8 Å². The highest BCUT2D eigenvalue weighted by molar-refractivity contribution is 6.65. The number of hydrogen-bond donors (Lipinski definition) is 0. The minimum absolute atomic E-state index is 0.0903. The smallest absolute Gasteiger partial charge is 0.303 e. The van der Waals surface area contributed by atoms with Gasteiger partial charge in [0, 0.05) is 12.3 Å². The zero-order valence-corrected chi connectivity index (χ0v) is 11.3. The molecule has 0 aromatic heterocycles. The second-order valence-corrected chi connectivity index (χ2v) is 6.05. The van der Waals surface area contributed by atoms with Crippen molar-refractivity contribution in [2.75, 3.05) is 0 Å². The third kappa shape index (κ3) is 1.65. The molecule has 1 fully saturated rings. The number of halogens is 1. The summed E-state index contributed by atoms with van der Waals surface area (Å²) in [6.45, 7) is 9.31. The minimum Gasteiger partial charge on any atom is -0.449 e. The highest BCUT2D eigenvalue weighted by Gasteiger charge is 2.64. The van der Waals surface area contributed by atoms with Crippen molar-refractivity contribution in [1.29, 1.82) is 0 Å². The van der Waals surface area contributed by atoms with Crippen LogP contribution in [0.4, 0.5) is 0 Å². The quantitative estimate of drug-likeness (QED) is 0.556. The first-order valence-electron chi connectivity index (χ1n) is 5.46. The number of hydrogen-bond acceptors (Lipinski definition) is 3. The SMILES string of the molecule is CC(=O)OC1(C(=O)Cl)CCC(C)(C)C1(C)C. The summed E-state index contributed by atoms with van der Waals surface area (Å²) in [5, 5.41) is -0.571. The van der Waals surface area contributed by atoms with Crippen LogP contribution in [0.3, 0.4) is 0 Å². The maximum Gasteiger partial charge on any atom is 0.303 e. The fourth-order valence-electron chi connectivity index (χ4n) is 2.47. The Labute approximate surface area is 101 Å². The molecule has 1 rings (SSSR count). The van der Waals surface area contributed by atoms with Crippen LogP contribution in [-0.4, -0.2) is 16.8 Å². The van der Waals surface area contributed by atoms with Crippen LogP contribution in [0.5, 0.6) is 0 Å².